The molecule has 0 bridgehead atoms. The minimum absolute atomic E-state index is 0.0416. The minimum atomic E-state index is -0.0416. The Morgan fingerprint density at radius 3 is 2.69 bits per heavy atom. The summed E-state index contributed by atoms with van der Waals surface area (Å²) in [4.78, 5) is 10.0. The van der Waals surface area contributed by atoms with E-state index in [4.69, 9.17) is 39.2 Å². The van der Waals surface area contributed by atoms with Gasteiger partial charge in [-0.25, -0.2) is 9.83 Å². The van der Waals surface area contributed by atoms with Crippen molar-refractivity contribution in [3.05, 3.63) is 82.3 Å². The molecule has 5 nitrogen and oxygen atoms in total. The topological polar surface area (TPSA) is 39.0 Å². The molecule has 0 spiro atoms. The Hall–Kier alpha value is -2.94. The molecular formula is C22H17Cl2N3O2. The average molecular weight is 426 g/mol. The van der Waals surface area contributed by atoms with Crippen LogP contribution < -0.4 is 14.4 Å². The summed E-state index contributed by atoms with van der Waals surface area (Å²) in [7, 11) is 0. The van der Waals surface area contributed by atoms with Crippen molar-refractivity contribution in [2.24, 2.45) is 0 Å². The number of benzene rings is 2. The summed E-state index contributed by atoms with van der Waals surface area (Å²) in [5.41, 5.74) is 1.37. The minimum Gasteiger partial charge on any atom is -0.471 e. The van der Waals surface area contributed by atoms with Crippen LogP contribution in [0.3, 0.4) is 0 Å². The first-order valence-electron chi connectivity index (χ1n) is 9.10. The zero-order valence-corrected chi connectivity index (χ0v) is 16.9. The highest BCUT2D eigenvalue weighted by Crippen LogP contribution is 2.38. The molecule has 0 aliphatic carbocycles. The maximum absolute atomic E-state index is 7.58. The van der Waals surface area contributed by atoms with Gasteiger partial charge in [-0.2, -0.15) is 0 Å². The fourth-order valence-corrected chi connectivity index (χ4v) is 3.58. The van der Waals surface area contributed by atoms with E-state index in [1.54, 1.807) is 36.5 Å². The molecule has 1 fully saturated rings. The molecule has 0 radical (unpaired) electrons. The Bertz CT molecular complexity index is 1070. The Labute approximate surface area is 179 Å². The summed E-state index contributed by atoms with van der Waals surface area (Å²) in [6.07, 6.45) is 2.44. The van der Waals surface area contributed by atoms with Gasteiger partial charge in [-0.3, -0.25) is 0 Å². The highest BCUT2D eigenvalue weighted by molar-refractivity contribution is 6.32. The summed E-state index contributed by atoms with van der Waals surface area (Å²) in [5.74, 6) is 1.56. The van der Waals surface area contributed by atoms with Crippen LogP contribution in [0.5, 0.6) is 17.4 Å². The summed E-state index contributed by atoms with van der Waals surface area (Å²) in [6, 6.07) is 16.2. The van der Waals surface area contributed by atoms with Crippen molar-refractivity contribution in [3.63, 3.8) is 0 Å². The van der Waals surface area contributed by atoms with Gasteiger partial charge in [-0.1, -0.05) is 35.3 Å². The summed E-state index contributed by atoms with van der Waals surface area (Å²) in [5, 5.41) is 1.02. The standard InChI is InChI=1S/C22H17Cl2N3O2/c1-25-19-13-15(28-21-7-3-2-5-17(21)23)8-9-20(19)27-12-10-16(14-27)29-22-18(24)6-4-11-26-22/h2-9,11,13,16H,10,12,14H2/t16-/m0/s1. The van der Waals surface area contributed by atoms with Gasteiger partial charge in [0.1, 0.15) is 22.6 Å². The first kappa shape index (κ1) is 19.4. The molecule has 1 aliphatic rings. The maximum Gasteiger partial charge on any atom is 0.232 e. The smallest absolute Gasteiger partial charge is 0.232 e. The second kappa shape index (κ2) is 8.60. The third kappa shape index (κ3) is 4.40. The number of para-hydroxylation sites is 1. The summed E-state index contributed by atoms with van der Waals surface area (Å²) in [6.45, 7) is 9.02. The first-order chi connectivity index (χ1) is 14.1. The van der Waals surface area contributed by atoms with Crippen molar-refractivity contribution in [2.75, 3.05) is 18.0 Å². The van der Waals surface area contributed by atoms with Crippen LogP contribution in [-0.2, 0) is 0 Å². The molecule has 7 heteroatoms. The first-order valence-corrected chi connectivity index (χ1v) is 9.85. The van der Waals surface area contributed by atoms with E-state index in [0.717, 1.165) is 18.7 Å². The number of rotatable bonds is 5. The van der Waals surface area contributed by atoms with Crippen molar-refractivity contribution in [1.82, 2.24) is 4.98 Å². The van der Waals surface area contributed by atoms with Gasteiger partial charge in [0.2, 0.25) is 11.6 Å². The van der Waals surface area contributed by atoms with Crippen LogP contribution in [0.15, 0.2) is 60.8 Å². The molecule has 3 aromatic rings. The molecule has 4 rings (SSSR count). The van der Waals surface area contributed by atoms with E-state index < -0.39 is 0 Å². The molecule has 2 aromatic carbocycles. The summed E-state index contributed by atoms with van der Waals surface area (Å²) < 4.78 is 11.8. The lowest BCUT2D eigenvalue weighted by Crippen LogP contribution is -2.24. The molecule has 29 heavy (non-hydrogen) atoms. The Morgan fingerprint density at radius 2 is 1.90 bits per heavy atom. The van der Waals surface area contributed by atoms with Crippen molar-refractivity contribution >= 4 is 34.6 Å². The number of anilines is 1. The second-order valence-electron chi connectivity index (χ2n) is 6.56. The monoisotopic (exact) mass is 425 g/mol. The normalized spacial score (nSPS) is 15.8. The van der Waals surface area contributed by atoms with E-state index in [0.29, 0.717) is 39.7 Å². The van der Waals surface area contributed by atoms with Crippen LogP contribution in [0.2, 0.25) is 10.0 Å². The Balaban J connectivity index is 1.48. The van der Waals surface area contributed by atoms with Gasteiger partial charge in [0.25, 0.3) is 0 Å². The van der Waals surface area contributed by atoms with Gasteiger partial charge in [0.05, 0.1) is 18.1 Å². The Kier molecular flexibility index (Phi) is 5.75. The van der Waals surface area contributed by atoms with Gasteiger partial charge in [0.15, 0.2) is 0 Å². The molecule has 2 heterocycles. The molecule has 0 unspecified atom stereocenters. The predicted molar refractivity (Wildman–Crippen MR) is 115 cm³/mol. The van der Waals surface area contributed by atoms with Gasteiger partial charge in [0, 0.05) is 24.8 Å². The third-order valence-corrected chi connectivity index (χ3v) is 5.22. The summed E-state index contributed by atoms with van der Waals surface area (Å²) >= 11 is 12.3. The third-order valence-electron chi connectivity index (χ3n) is 4.62. The Morgan fingerprint density at radius 1 is 1.07 bits per heavy atom. The van der Waals surface area contributed by atoms with E-state index in [-0.39, 0.29) is 6.10 Å². The van der Waals surface area contributed by atoms with Gasteiger partial charge >= 0.3 is 0 Å². The van der Waals surface area contributed by atoms with Crippen molar-refractivity contribution in [1.29, 1.82) is 0 Å². The molecule has 0 saturated carbocycles. The van der Waals surface area contributed by atoms with Crippen LogP contribution >= 0.6 is 23.2 Å². The van der Waals surface area contributed by atoms with Crippen LogP contribution in [-0.4, -0.2) is 24.2 Å². The average Bonchev–Trinajstić information content (AvgIpc) is 3.19. The number of pyridine rings is 1. The van der Waals surface area contributed by atoms with Crippen molar-refractivity contribution < 1.29 is 9.47 Å². The molecular weight excluding hydrogens is 409 g/mol. The number of hydrogen-bond acceptors (Lipinski definition) is 4. The van der Waals surface area contributed by atoms with Crippen LogP contribution in [0.4, 0.5) is 11.4 Å². The van der Waals surface area contributed by atoms with Crippen molar-refractivity contribution in [3.8, 4) is 17.4 Å². The fraction of sp³-hybridized carbons (Fsp3) is 0.182. The predicted octanol–water partition coefficient (Wildman–Crippen LogP) is 6.39. The van der Waals surface area contributed by atoms with E-state index in [2.05, 4.69) is 14.7 Å². The molecule has 1 aromatic heterocycles. The lowest BCUT2D eigenvalue weighted by molar-refractivity contribution is 0.216. The molecule has 0 N–H and O–H groups in total. The van der Waals surface area contributed by atoms with Crippen molar-refractivity contribution in [2.45, 2.75) is 12.5 Å². The molecule has 1 saturated heterocycles. The van der Waals surface area contributed by atoms with Gasteiger partial charge < -0.3 is 14.4 Å². The highest BCUT2D eigenvalue weighted by atomic mass is 35.5. The van der Waals surface area contributed by atoms with E-state index >= 15 is 0 Å². The number of hydrogen-bond donors (Lipinski definition) is 0. The lowest BCUT2D eigenvalue weighted by Gasteiger charge is -2.21. The fourth-order valence-electron chi connectivity index (χ4n) is 3.24. The lowest BCUT2D eigenvalue weighted by atomic mass is 10.2. The molecule has 0 amide bonds. The number of nitrogens with zero attached hydrogens (tertiary/aromatic N) is 3. The van der Waals surface area contributed by atoms with E-state index in [1.807, 2.05) is 24.3 Å². The van der Waals surface area contributed by atoms with E-state index in [1.165, 1.54) is 0 Å². The van der Waals surface area contributed by atoms with Crippen LogP contribution in [0.25, 0.3) is 4.85 Å². The largest absolute Gasteiger partial charge is 0.471 e. The number of ether oxygens (including phenoxy) is 2. The number of aromatic nitrogens is 1. The number of halogens is 2. The van der Waals surface area contributed by atoms with E-state index in [9.17, 15) is 0 Å². The molecule has 146 valence electrons. The molecule has 1 atom stereocenters. The quantitative estimate of drug-likeness (QED) is 0.443. The highest BCUT2D eigenvalue weighted by Gasteiger charge is 2.27. The van der Waals surface area contributed by atoms with Gasteiger partial charge in [-0.05, 0) is 42.5 Å². The second-order valence-corrected chi connectivity index (χ2v) is 7.37. The van der Waals surface area contributed by atoms with Crippen LogP contribution in [0.1, 0.15) is 6.42 Å². The zero-order chi connectivity index (χ0) is 20.2. The zero-order valence-electron chi connectivity index (χ0n) is 15.4. The molecule has 1 aliphatic heterocycles. The van der Waals surface area contributed by atoms with Gasteiger partial charge in [-0.15, -0.1) is 0 Å². The SMILES string of the molecule is [C-]#[N+]c1cc(Oc2ccccc2Cl)ccc1N1CC[C@H](Oc2ncccc2Cl)C1. The maximum atomic E-state index is 7.58. The van der Waals surface area contributed by atoms with Crippen LogP contribution in [0, 0.1) is 6.57 Å².